The number of amides is 1. The van der Waals surface area contributed by atoms with Crippen LogP contribution in [0, 0.1) is 20.8 Å². The highest BCUT2D eigenvalue weighted by Crippen LogP contribution is 2.26. The summed E-state index contributed by atoms with van der Waals surface area (Å²) in [6.07, 6.45) is 1.65. The standard InChI is InChI=1S/C24H24N4O2S/c1-16-6-4-7-19(12-16)23-26-27-24(28(23)14-21-8-5-11-30-21)31-15-22(29)25-20-10-9-17(2)18(3)13-20/h4-13H,14-15H2,1-3H3,(H,25,29). The van der Waals surface area contributed by atoms with Crippen LogP contribution in [0.5, 0.6) is 0 Å². The molecule has 7 heteroatoms. The van der Waals surface area contributed by atoms with Crippen LogP contribution in [0.15, 0.2) is 70.4 Å². The Bertz CT molecular complexity index is 1200. The first-order chi connectivity index (χ1) is 15.0. The van der Waals surface area contributed by atoms with E-state index in [1.54, 1.807) is 6.26 Å². The fourth-order valence-corrected chi connectivity index (χ4v) is 3.98. The van der Waals surface area contributed by atoms with E-state index in [0.29, 0.717) is 11.7 Å². The molecule has 4 rings (SSSR count). The molecular weight excluding hydrogens is 408 g/mol. The number of aryl methyl sites for hydroxylation is 3. The minimum Gasteiger partial charge on any atom is -0.467 e. The van der Waals surface area contributed by atoms with E-state index in [0.717, 1.165) is 34.0 Å². The van der Waals surface area contributed by atoms with Crippen LogP contribution >= 0.6 is 11.8 Å². The molecule has 1 N–H and O–H groups in total. The van der Waals surface area contributed by atoms with E-state index in [4.69, 9.17) is 4.42 Å². The molecular formula is C24H24N4O2S. The number of hydrogen-bond acceptors (Lipinski definition) is 5. The lowest BCUT2D eigenvalue weighted by Gasteiger charge is -2.10. The summed E-state index contributed by atoms with van der Waals surface area (Å²) in [5, 5.41) is 12.4. The van der Waals surface area contributed by atoms with E-state index in [1.807, 2.05) is 66.9 Å². The van der Waals surface area contributed by atoms with Crippen LogP contribution in [-0.4, -0.2) is 26.4 Å². The lowest BCUT2D eigenvalue weighted by atomic mass is 10.1. The van der Waals surface area contributed by atoms with Crippen molar-refractivity contribution in [3.8, 4) is 11.4 Å². The van der Waals surface area contributed by atoms with Gasteiger partial charge in [0, 0.05) is 11.3 Å². The van der Waals surface area contributed by atoms with Crippen LogP contribution in [-0.2, 0) is 11.3 Å². The number of benzene rings is 2. The molecule has 0 unspecified atom stereocenters. The molecule has 0 radical (unpaired) electrons. The first-order valence-corrected chi connectivity index (χ1v) is 11.0. The van der Waals surface area contributed by atoms with Gasteiger partial charge < -0.3 is 9.73 Å². The van der Waals surface area contributed by atoms with E-state index in [1.165, 1.54) is 17.3 Å². The van der Waals surface area contributed by atoms with E-state index in [9.17, 15) is 4.79 Å². The van der Waals surface area contributed by atoms with E-state index < -0.39 is 0 Å². The molecule has 31 heavy (non-hydrogen) atoms. The number of rotatable bonds is 7. The molecule has 0 fully saturated rings. The number of nitrogens with zero attached hydrogens (tertiary/aromatic N) is 3. The smallest absolute Gasteiger partial charge is 0.234 e. The summed E-state index contributed by atoms with van der Waals surface area (Å²) >= 11 is 1.36. The minimum absolute atomic E-state index is 0.0853. The van der Waals surface area contributed by atoms with Gasteiger partial charge in [-0.15, -0.1) is 10.2 Å². The fraction of sp³-hybridized carbons (Fsp3) is 0.208. The molecule has 4 aromatic rings. The third-order valence-electron chi connectivity index (χ3n) is 5.01. The van der Waals surface area contributed by atoms with Crippen LogP contribution in [0.2, 0.25) is 0 Å². The third kappa shape index (κ3) is 5.06. The highest BCUT2D eigenvalue weighted by atomic mass is 32.2. The van der Waals surface area contributed by atoms with Gasteiger partial charge in [0.05, 0.1) is 18.6 Å². The van der Waals surface area contributed by atoms with Gasteiger partial charge in [-0.3, -0.25) is 9.36 Å². The predicted molar refractivity (Wildman–Crippen MR) is 123 cm³/mol. The SMILES string of the molecule is Cc1cccc(-c2nnc(SCC(=O)Nc3ccc(C)c(C)c3)n2Cc2ccco2)c1. The zero-order chi connectivity index (χ0) is 21.8. The second-order valence-corrected chi connectivity index (χ2v) is 8.42. The average Bonchev–Trinajstić information content (AvgIpc) is 3.40. The summed E-state index contributed by atoms with van der Waals surface area (Å²) in [7, 11) is 0. The molecule has 0 aliphatic carbocycles. The zero-order valence-corrected chi connectivity index (χ0v) is 18.6. The van der Waals surface area contributed by atoms with Crippen LogP contribution in [0.1, 0.15) is 22.5 Å². The van der Waals surface area contributed by atoms with Gasteiger partial charge in [0.2, 0.25) is 5.91 Å². The number of nitrogens with one attached hydrogen (secondary N) is 1. The van der Waals surface area contributed by atoms with Crippen LogP contribution < -0.4 is 5.32 Å². The Morgan fingerprint density at radius 1 is 1.03 bits per heavy atom. The number of aromatic nitrogens is 3. The molecule has 0 saturated heterocycles. The monoisotopic (exact) mass is 432 g/mol. The van der Waals surface area contributed by atoms with E-state index in [2.05, 4.69) is 28.5 Å². The van der Waals surface area contributed by atoms with Gasteiger partial charge in [-0.2, -0.15) is 0 Å². The Kier molecular flexibility index (Phi) is 6.23. The molecule has 1 amide bonds. The van der Waals surface area contributed by atoms with Crippen molar-refractivity contribution in [2.45, 2.75) is 32.5 Å². The molecule has 0 aliphatic heterocycles. The lowest BCUT2D eigenvalue weighted by molar-refractivity contribution is -0.113. The van der Waals surface area contributed by atoms with Crippen molar-refractivity contribution in [2.24, 2.45) is 0 Å². The Labute approximate surface area is 185 Å². The highest BCUT2D eigenvalue weighted by Gasteiger charge is 2.17. The number of thioether (sulfide) groups is 1. The number of furan rings is 1. The van der Waals surface area contributed by atoms with Gasteiger partial charge in [0.25, 0.3) is 0 Å². The summed E-state index contributed by atoms with van der Waals surface area (Å²) < 4.78 is 7.52. The maximum atomic E-state index is 12.5. The van der Waals surface area contributed by atoms with Gasteiger partial charge in [-0.1, -0.05) is 41.6 Å². The molecule has 0 saturated carbocycles. The van der Waals surface area contributed by atoms with Crippen molar-refractivity contribution < 1.29 is 9.21 Å². The van der Waals surface area contributed by atoms with Crippen molar-refractivity contribution in [3.63, 3.8) is 0 Å². The van der Waals surface area contributed by atoms with Gasteiger partial charge >= 0.3 is 0 Å². The molecule has 6 nitrogen and oxygen atoms in total. The summed E-state index contributed by atoms with van der Waals surface area (Å²) in [5.74, 6) is 1.70. The lowest BCUT2D eigenvalue weighted by Crippen LogP contribution is -2.15. The largest absolute Gasteiger partial charge is 0.467 e. The zero-order valence-electron chi connectivity index (χ0n) is 17.8. The summed E-state index contributed by atoms with van der Waals surface area (Å²) in [6.45, 7) is 6.62. The summed E-state index contributed by atoms with van der Waals surface area (Å²) in [4.78, 5) is 12.5. The summed E-state index contributed by atoms with van der Waals surface area (Å²) in [5.41, 5.74) is 5.26. The van der Waals surface area contributed by atoms with Gasteiger partial charge in [-0.25, -0.2) is 0 Å². The molecule has 0 atom stereocenters. The van der Waals surface area contributed by atoms with Crippen molar-refractivity contribution in [1.82, 2.24) is 14.8 Å². The maximum absolute atomic E-state index is 12.5. The highest BCUT2D eigenvalue weighted by molar-refractivity contribution is 7.99. The van der Waals surface area contributed by atoms with Crippen molar-refractivity contribution >= 4 is 23.4 Å². The number of carbonyl (C=O) groups excluding carboxylic acids is 1. The molecule has 0 spiro atoms. The first-order valence-electron chi connectivity index (χ1n) is 10.0. The molecule has 0 aliphatic rings. The second kappa shape index (κ2) is 9.22. The van der Waals surface area contributed by atoms with Crippen molar-refractivity contribution in [2.75, 3.05) is 11.1 Å². The molecule has 2 heterocycles. The van der Waals surface area contributed by atoms with E-state index >= 15 is 0 Å². The normalized spacial score (nSPS) is 10.9. The average molecular weight is 433 g/mol. The number of anilines is 1. The Morgan fingerprint density at radius 2 is 1.90 bits per heavy atom. The van der Waals surface area contributed by atoms with Crippen LogP contribution in [0.25, 0.3) is 11.4 Å². The Balaban J connectivity index is 1.53. The van der Waals surface area contributed by atoms with Gasteiger partial charge in [-0.05, 0) is 62.2 Å². The predicted octanol–water partition coefficient (Wildman–Crippen LogP) is 5.24. The van der Waals surface area contributed by atoms with E-state index in [-0.39, 0.29) is 11.7 Å². The fourth-order valence-electron chi connectivity index (χ4n) is 3.24. The third-order valence-corrected chi connectivity index (χ3v) is 5.98. The number of carbonyl (C=O) groups is 1. The quantitative estimate of drug-likeness (QED) is 0.404. The first kappa shape index (κ1) is 20.9. The minimum atomic E-state index is -0.0853. The molecule has 0 bridgehead atoms. The maximum Gasteiger partial charge on any atom is 0.234 e. The second-order valence-electron chi connectivity index (χ2n) is 7.48. The number of hydrogen-bond donors (Lipinski definition) is 1. The molecule has 2 aromatic heterocycles. The van der Waals surface area contributed by atoms with Gasteiger partial charge in [0.15, 0.2) is 11.0 Å². The van der Waals surface area contributed by atoms with Crippen molar-refractivity contribution in [3.05, 3.63) is 83.3 Å². The topological polar surface area (TPSA) is 73.0 Å². The Hall–Kier alpha value is -3.32. The summed E-state index contributed by atoms with van der Waals surface area (Å²) in [6, 6.07) is 17.8. The van der Waals surface area contributed by atoms with Gasteiger partial charge in [0.1, 0.15) is 5.76 Å². The Morgan fingerprint density at radius 3 is 2.65 bits per heavy atom. The van der Waals surface area contributed by atoms with Crippen LogP contribution in [0.3, 0.4) is 0 Å². The molecule has 2 aromatic carbocycles. The van der Waals surface area contributed by atoms with Crippen molar-refractivity contribution in [1.29, 1.82) is 0 Å². The molecule has 158 valence electrons. The van der Waals surface area contributed by atoms with Crippen LogP contribution in [0.4, 0.5) is 5.69 Å².